The summed E-state index contributed by atoms with van der Waals surface area (Å²) in [7, 11) is 0. The van der Waals surface area contributed by atoms with Crippen molar-refractivity contribution in [3.8, 4) is 0 Å². The zero-order valence-electron chi connectivity index (χ0n) is 14.5. The lowest BCUT2D eigenvalue weighted by Gasteiger charge is -2.08. The molecule has 1 aromatic heterocycles. The van der Waals surface area contributed by atoms with Gasteiger partial charge in [0.15, 0.2) is 6.61 Å². The third-order valence-electron chi connectivity index (χ3n) is 3.74. The highest BCUT2D eigenvalue weighted by atomic mass is 35.5. The van der Waals surface area contributed by atoms with E-state index in [4.69, 9.17) is 22.1 Å². The minimum atomic E-state index is -0.688. The van der Waals surface area contributed by atoms with Gasteiger partial charge in [0.2, 0.25) is 0 Å². The van der Waals surface area contributed by atoms with Gasteiger partial charge in [0.25, 0.3) is 11.8 Å². The number of primary amides is 1. The van der Waals surface area contributed by atoms with Crippen LogP contribution in [0.5, 0.6) is 0 Å². The number of nitrogens with two attached hydrogens (primary N) is 1. The highest BCUT2D eigenvalue weighted by molar-refractivity contribution is 7.20. The predicted octanol–water partition coefficient (Wildman–Crippen LogP) is 3.85. The molecule has 3 aromatic rings. The first-order chi connectivity index (χ1) is 13.5. The maximum atomic E-state index is 12.0. The molecule has 0 saturated carbocycles. The summed E-state index contributed by atoms with van der Waals surface area (Å²) >= 11 is 7.75. The van der Waals surface area contributed by atoms with Gasteiger partial charge in [-0.3, -0.25) is 9.59 Å². The van der Waals surface area contributed by atoms with Crippen molar-refractivity contribution in [2.24, 2.45) is 5.73 Å². The summed E-state index contributed by atoms with van der Waals surface area (Å²) in [6.45, 7) is -0.504. The molecule has 0 fully saturated rings. The van der Waals surface area contributed by atoms with E-state index in [0.717, 1.165) is 15.0 Å². The van der Waals surface area contributed by atoms with Gasteiger partial charge in [0, 0.05) is 21.0 Å². The summed E-state index contributed by atoms with van der Waals surface area (Å²) in [5.41, 5.74) is 5.67. The van der Waals surface area contributed by atoms with Gasteiger partial charge in [0.05, 0.1) is 16.3 Å². The summed E-state index contributed by atoms with van der Waals surface area (Å²) in [4.78, 5) is 35.9. The standard InChI is InChI=1S/C20H15ClN2O4S/c21-19-13-6-2-4-8-15(13)28-16(19)9-10-18(25)27-11-17(24)23-14-7-3-1-5-12(14)20(22)26/h1-10H,11H2,(H2,22,26)(H,23,24)/b10-9+. The van der Waals surface area contributed by atoms with Gasteiger partial charge in [0.1, 0.15) is 0 Å². The predicted molar refractivity (Wildman–Crippen MR) is 110 cm³/mol. The van der Waals surface area contributed by atoms with Gasteiger partial charge in [-0.1, -0.05) is 41.9 Å². The van der Waals surface area contributed by atoms with Crippen LogP contribution >= 0.6 is 22.9 Å². The minimum absolute atomic E-state index is 0.168. The second-order valence-corrected chi connectivity index (χ2v) is 7.14. The Morgan fingerprint density at radius 1 is 1.11 bits per heavy atom. The van der Waals surface area contributed by atoms with E-state index < -0.39 is 24.4 Å². The Kier molecular flexibility index (Phi) is 6.08. The molecule has 0 unspecified atom stereocenters. The number of thiophene rings is 1. The van der Waals surface area contributed by atoms with Crippen LogP contribution in [-0.2, 0) is 14.3 Å². The second kappa shape index (κ2) is 8.69. The van der Waals surface area contributed by atoms with Crippen LogP contribution in [0.1, 0.15) is 15.2 Å². The van der Waals surface area contributed by atoms with Crippen molar-refractivity contribution in [1.82, 2.24) is 0 Å². The molecular weight excluding hydrogens is 400 g/mol. The number of hydrogen-bond donors (Lipinski definition) is 2. The number of para-hydroxylation sites is 1. The Bertz CT molecular complexity index is 1090. The van der Waals surface area contributed by atoms with Gasteiger partial charge in [-0.05, 0) is 24.3 Å². The number of fused-ring (bicyclic) bond motifs is 1. The number of halogens is 1. The lowest BCUT2D eigenvalue weighted by atomic mass is 10.1. The number of esters is 1. The minimum Gasteiger partial charge on any atom is -0.452 e. The Morgan fingerprint density at radius 3 is 2.57 bits per heavy atom. The smallest absolute Gasteiger partial charge is 0.331 e. The fourth-order valence-electron chi connectivity index (χ4n) is 2.46. The van der Waals surface area contributed by atoms with Crippen LogP contribution in [0, 0.1) is 0 Å². The van der Waals surface area contributed by atoms with E-state index in [1.807, 2.05) is 24.3 Å². The monoisotopic (exact) mass is 414 g/mol. The Hall–Kier alpha value is -3.16. The first-order valence-corrected chi connectivity index (χ1v) is 9.35. The summed E-state index contributed by atoms with van der Waals surface area (Å²) < 4.78 is 5.93. The Labute approximate surface area is 169 Å². The number of hydrogen-bond acceptors (Lipinski definition) is 5. The van der Waals surface area contributed by atoms with E-state index in [1.165, 1.54) is 29.5 Å². The van der Waals surface area contributed by atoms with Crippen LogP contribution in [0.3, 0.4) is 0 Å². The molecule has 0 radical (unpaired) electrons. The molecule has 8 heteroatoms. The maximum Gasteiger partial charge on any atom is 0.331 e. The number of anilines is 1. The summed E-state index contributed by atoms with van der Waals surface area (Å²) in [6, 6.07) is 13.9. The Morgan fingerprint density at radius 2 is 1.82 bits per heavy atom. The van der Waals surface area contributed by atoms with Crippen molar-refractivity contribution < 1.29 is 19.1 Å². The summed E-state index contributed by atoms with van der Waals surface area (Å²) in [5.74, 6) is -1.95. The fourth-order valence-corrected chi connectivity index (χ4v) is 3.86. The SMILES string of the molecule is NC(=O)c1ccccc1NC(=O)COC(=O)/C=C/c1sc2ccccc2c1Cl. The van der Waals surface area contributed by atoms with E-state index in [1.54, 1.807) is 18.2 Å². The molecule has 2 amide bonds. The highest BCUT2D eigenvalue weighted by Gasteiger charge is 2.12. The number of rotatable bonds is 6. The molecular formula is C20H15ClN2O4S. The quantitative estimate of drug-likeness (QED) is 0.472. The average molecular weight is 415 g/mol. The van der Waals surface area contributed by atoms with Crippen molar-refractivity contribution in [1.29, 1.82) is 0 Å². The molecule has 0 spiro atoms. The highest BCUT2D eigenvalue weighted by Crippen LogP contribution is 2.35. The fraction of sp³-hybridized carbons (Fsp3) is 0.0500. The first kappa shape index (κ1) is 19.6. The molecule has 0 saturated heterocycles. The number of benzene rings is 2. The molecule has 0 atom stereocenters. The number of carbonyl (C=O) groups excluding carboxylic acids is 3. The van der Waals surface area contributed by atoms with Crippen molar-refractivity contribution in [2.45, 2.75) is 0 Å². The molecule has 142 valence electrons. The molecule has 2 aromatic carbocycles. The van der Waals surface area contributed by atoms with Crippen LogP contribution in [0.25, 0.3) is 16.2 Å². The molecule has 0 aliphatic heterocycles. The number of ether oxygens (including phenoxy) is 1. The molecule has 0 aliphatic carbocycles. The van der Waals surface area contributed by atoms with Crippen LogP contribution in [0.15, 0.2) is 54.6 Å². The van der Waals surface area contributed by atoms with Crippen LogP contribution in [-0.4, -0.2) is 24.4 Å². The molecule has 3 N–H and O–H groups in total. The van der Waals surface area contributed by atoms with Gasteiger partial charge in [-0.15, -0.1) is 11.3 Å². The average Bonchev–Trinajstić information content (AvgIpc) is 3.01. The molecule has 3 rings (SSSR count). The van der Waals surface area contributed by atoms with E-state index in [-0.39, 0.29) is 11.3 Å². The van der Waals surface area contributed by atoms with Gasteiger partial charge < -0.3 is 15.8 Å². The number of carbonyl (C=O) groups is 3. The van der Waals surface area contributed by atoms with Gasteiger partial charge in [-0.25, -0.2) is 4.79 Å². The van der Waals surface area contributed by atoms with E-state index in [0.29, 0.717) is 5.02 Å². The van der Waals surface area contributed by atoms with Crippen LogP contribution in [0.4, 0.5) is 5.69 Å². The zero-order chi connectivity index (χ0) is 20.1. The maximum absolute atomic E-state index is 12.0. The van der Waals surface area contributed by atoms with E-state index >= 15 is 0 Å². The number of nitrogens with one attached hydrogen (secondary N) is 1. The normalized spacial score (nSPS) is 10.9. The zero-order valence-corrected chi connectivity index (χ0v) is 16.0. The molecule has 28 heavy (non-hydrogen) atoms. The van der Waals surface area contributed by atoms with Crippen LogP contribution in [0.2, 0.25) is 5.02 Å². The third-order valence-corrected chi connectivity index (χ3v) is 5.40. The lowest BCUT2D eigenvalue weighted by Crippen LogP contribution is -2.22. The molecule has 0 aliphatic rings. The van der Waals surface area contributed by atoms with Crippen LogP contribution < -0.4 is 11.1 Å². The second-order valence-electron chi connectivity index (χ2n) is 5.68. The molecule has 1 heterocycles. The largest absolute Gasteiger partial charge is 0.452 e. The number of amides is 2. The summed E-state index contributed by atoms with van der Waals surface area (Å²) in [5, 5.41) is 3.96. The Balaban J connectivity index is 1.58. The molecule has 6 nitrogen and oxygen atoms in total. The van der Waals surface area contributed by atoms with E-state index in [9.17, 15) is 14.4 Å². The van der Waals surface area contributed by atoms with Gasteiger partial charge >= 0.3 is 5.97 Å². The molecule has 0 bridgehead atoms. The van der Waals surface area contributed by atoms with Crippen molar-refractivity contribution >= 4 is 62.6 Å². The summed E-state index contributed by atoms with van der Waals surface area (Å²) in [6.07, 6.45) is 2.76. The van der Waals surface area contributed by atoms with Crippen molar-refractivity contribution in [3.63, 3.8) is 0 Å². The third kappa shape index (κ3) is 4.57. The van der Waals surface area contributed by atoms with E-state index in [2.05, 4.69) is 5.32 Å². The first-order valence-electron chi connectivity index (χ1n) is 8.16. The van der Waals surface area contributed by atoms with Crippen molar-refractivity contribution in [3.05, 3.63) is 70.1 Å². The van der Waals surface area contributed by atoms with Gasteiger partial charge in [-0.2, -0.15) is 0 Å². The van der Waals surface area contributed by atoms with Crippen molar-refractivity contribution in [2.75, 3.05) is 11.9 Å². The topological polar surface area (TPSA) is 98.5 Å². The lowest BCUT2D eigenvalue weighted by molar-refractivity contribution is -0.142.